The molecular formula is C31H31N2O2P. The summed E-state index contributed by atoms with van der Waals surface area (Å²) < 4.78 is 5.39. The van der Waals surface area contributed by atoms with Gasteiger partial charge in [0.25, 0.3) is 0 Å². The number of carbonyl (C=O) groups is 1. The second-order valence-corrected chi connectivity index (χ2v) is 10.9. The molecule has 4 aromatic carbocycles. The zero-order valence-corrected chi connectivity index (χ0v) is 21.7. The fourth-order valence-electron chi connectivity index (χ4n) is 4.04. The highest BCUT2D eigenvalue weighted by Crippen LogP contribution is 2.33. The van der Waals surface area contributed by atoms with Crippen molar-refractivity contribution in [2.45, 2.75) is 19.9 Å². The number of hydrogen-bond donors (Lipinski definition) is 1. The van der Waals surface area contributed by atoms with Crippen LogP contribution < -0.4 is 26.0 Å². The van der Waals surface area contributed by atoms with Crippen molar-refractivity contribution in [1.82, 2.24) is 0 Å². The molecule has 0 bridgehead atoms. The number of nitrogens with one attached hydrogen (secondary N) is 1. The van der Waals surface area contributed by atoms with E-state index in [1.807, 2.05) is 62.5 Å². The molecule has 4 rings (SSSR count). The van der Waals surface area contributed by atoms with Gasteiger partial charge in [-0.3, -0.25) is 9.79 Å². The second-order valence-electron chi connectivity index (χ2n) is 8.72. The van der Waals surface area contributed by atoms with Gasteiger partial charge in [-0.25, -0.2) is 0 Å². The molecule has 0 unspecified atom stereocenters. The first-order valence-electron chi connectivity index (χ1n) is 12.0. The third-order valence-corrected chi connectivity index (χ3v) is 8.36. The molecule has 0 radical (unpaired) electrons. The second kappa shape index (κ2) is 12.3. The number of anilines is 1. The molecule has 182 valence electrons. The van der Waals surface area contributed by atoms with Crippen LogP contribution in [0, 0.1) is 5.92 Å². The van der Waals surface area contributed by atoms with Crippen molar-refractivity contribution in [3.05, 3.63) is 115 Å². The van der Waals surface area contributed by atoms with Crippen LogP contribution in [0.1, 0.15) is 19.4 Å². The molecule has 4 nitrogen and oxygen atoms in total. The number of rotatable bonds is 9. The van der Waals surface area contributed by atoms with E-state index in [0.29, 0.717) is 11.4 Å². The van der Waals surface area contributed by atoms with Gasteiger partial charge in [0.15, 0.2) is 0 Å². The Morgan fingerprint density at radius 1 is 0.806 bits per heavy atom. The monoisotopic (exact) mass is 494 g/mol. The number of amides is 1. The normalized spacial score (nSPS) is 12.1. The summed E-state index contributed by atoms with van der Waals surface area (Å²) in [5, 5.41) is 6.75. The number of aliphatic imine (C=N–C) groups is 1. The Hall–Kier alpha value is -3.75. The maximum Gasteiger partial charge on any atom is 0.249 e. The Labute approximate surface area is 214 Å². The van der Waals surface area contributed by atoms with Gasteiger partial charge in [0, 0.05) is 11.8 Å². The van der Waals surface area contributed by atoms with Crippen molar-refractivity contribution in [3.63, 3.8) is 0 Å². The van der Waals surface area contributed by atoms with Gasteiger partial charge in [-0.1, -0.05) is 111 Å². The van der Waals surface area contributed by atoms with Crippen LogP contribution in [0.15, 0.2) is 114 Å². The molecule has 0 saturated heterocycles. The molecule has 1 atom stereocenters. The van der Waals surface area contributed by atoms with Gasteiger partial charge in [0.2, 0.25) is 5.91 Å². The van der Waals surface area contributed by atoms with Crippen LogP contribution >= 0.6 is 7.92 Å². The lowest BCUT2D eigenvalue weighted by Gasteiger charge is -2.22. The predicted octanol–water partition coefficient (Wildman–Crippen LogP) is 5.54. The van der Waals surface area contributed by atoms with Gasteiger partial charge in [0.05, 0.1) is 12.8 Å². The minimum atomic E-state index is -0.783. The molecule has 0 aliphatic rings. The molecule has 5 heteroatoms. The molecule has 0 spiro atoms. The number of nitrogens with zero attached hydrogens (tertiary/aromatic N) is 1. The number of methoxy groups -OCH3 is 1. The molecule has 0 aliphatic heterocycles. The van der Waals surface area contributed by atoms with Gasteiger partial charge >= 0.3 is 0 Å². The van der Waals surface area contributed by atoms with Gasteiger partial charge in [0.1, 0.15) is 11.8 Å². The van der Waals surface area contributed by atoms with Crippen LogP contribution in [-0.2, 0) is 4.79 Å². The summed E-state index contributed by atoms with van der Waals surface area (Å²) in [6, 6.07) is 36.4. The van der Waals surface area contributed by atoms with E-state index in [2.05, 4.69) is 72.0 Å². The number of ether oxygens (including phenoxy) is 1. The van der Waals surface area contributed by atoms with Gasteiger partial charge in [-0.2, -0.15) is 0 Å². The summed E-state index contributed by atoms with van der Waals surface area (Å²) in [4.78, 5) is 18.0. The lowest BCUT2D eigenvalue weighted by atomic mass is 10.0. The molecule has 4 aromatic rings. The average molecular weight is 495 g/mol. The molecule has 36 heavy (non-hydrogen) atoms. The lowest BCUT2D eigenvalue weighted by molar-refractivity contribution is -0.118. The standard InChI is InChI=1S/C31H31N2O2P/c1-23(2)30(31(34)33-27-19-11-12-20-28(27)35-3)32-22-24-14-10-13-21-29(24)36(25-15-6-4-7-16-25)26-17-8-5-9-18-26/h4-23,30H,1-3H3,(H,33,34)/t30-/m0/s1. The average Bonchev–Trinajstić information content (AvgIpc) is 2.91. The largest absolute Gasteiger partial charge is 0.495 e. The molecule has 0 aromatic heterocycles. The highest BCUT2D eigenvalue weighted by Gasteiger charge is 2.23. The molecule has 1 N–H and O–H groups in total. The van der Waals surface area contributed by atoms with E-state index < -0.39 is 14.0 Å². The van der Waals surface area contributed by atoms with E-state index in [4.69, 9.17) is 9.73 Å². The quantitative estimate of drug-likeness (QED) is 0.246. The summed E-state index contributed by atoms with van der Waals surface area (Å²) in [7, 11) is 0.812. The summed E-state index contributed by atoms with van der Waals surface area (Å²) in [6.45, 7) is 4.02. The number of benzene rings is 4. The Balaban J connectivity index is 1.68. The van der Waals surface area contributed by atoms with Crippen LogP contribution in [0.5, 0.6) is 5.75 Å². The lowest BCUT2D eigenvalue weighted by Crippen LogP contribution is -2.31. The zero-order chi connectivity index (χ0) is 25.3. The summed E-state index contributed by atoms with van der Waals surface area (Å²) >= 11 is 0. The Morgan fingerprint density at radius 2 is 1.36 bits per heavy atom. The van der Waals surface area contributed by atoms with E-state index >= 15 is 0 Å². The Kier molecular flexibility index (Phi) is 8.65. The highest BCUT2D eigenvalue weighted by molar-refractivity contribution is 7.80. The van der Waals surface area contributed by atoms with Crippen LogP contribution in [0.4, 0.5) is 5.69 Å². The smallest absolute Gasteiger partial charge is 0.249 e. The maximum absolute atomic E-state index is 13.2. The van der Waals surface area contributed by atoms with Crippen molar-refractivity contribution >= 4 is 41.6 Å². The van der Waals surface area contributed by atoms with Gasteiger partial charge in [-0.15, -0.1) is 0 Å². The number of para-hydroxylation sites is 2. The first kappa shape index (κ1) is 25.3. The fourth-order valence-corrected chi connectivity index (χ4v) is 6.46. The van der Waals surface area contributed by atoms with Crippen molar-refractivity contribution in [2.75, 3.05) is 12.4 Å². The minimum Gasteiger partial charge on any atom is -0.495 e. The van der Waals surface area contributed by atoms with Gasteiger partial charge in [-0.05, 0) is 41.9 Å². The SMILES string of the molecule is COc1ccccc1NC(=O)[C@@H](N=Cc1ccccc1P(c1ccccc1)c1ccccc1)C(C)C. The molecular weight excluding hydrogens is 463 g/mol. The topological polar surface area (TPSA) is 50.7 Å². The fraction of sp³-hybridized carbons (Fsp3) is 0.161. The van der Waals surface area contributed by atoms with Crippen LogP contribution in [0.3, 0.4) is 0 Å². The first-order chi connectivity index (χ1) is 17.6. The van der Waals surface area contributed by atoms with E-state index in [9.17, 15) is 4.79 Å². The minimum absolute atomic E-state index is 0.0212. The third kappa shape index (κ3) is 6.08. The van der Waals surface area contributed by atoms with E-state index in [1.54, 1.807) is 7.11 Å². The zero-order valence-electron chi connectivity index (χ0n) is 20.8. The molecule has 0 fully saturated rings. The van der Waals surface area contributed by atoms with Crippen LogP contribution in [0.25, 0.3) is 0 Å². The Morgan fingerprint density at radius 3 is 1.97 bits per heavy atom. The van der Waals surface area contributed by atoms with Crippen molar-refractivity contribution in [2.24, 2.45) is 10.9 Å². The van der Waals surface area contributed by atoms with Crippen molar-refractivity contribution < 1.29 is 9.53 Å². The predicted molar refractivity (Wildman–Crippen MR) is 153 cm³/mol. The molecule has 1 amide bonds. The van der Waals surface area contributed by atoms with Crippen molar-refractivity contribution in [3.8, 4) is 5.75 Å². The highest BCUT2D eigenvalue weighted by atomic mass is 31.1. The van der Waals surface area contributed by atoms with Gasteiger partial charge < -0.3 is 10.1 Å². The molecule has 0 aliphatic carbocycles. The van der Waals surface area contributed by atoms with Crippen LogP contribution in [-0.4, -0.2) is 25.3 Å². The molecule has 0 saturated carbocycles. The summed E-state index contributed by atoms with van der Waals surface area (Å²) in [6.07, 6.45) is 1.86. The number of hydrogen-bond acceptors (Lipinski definition) is 3. The van der Waals surface area contributed by atoms with E-state index in [1.165, 1.54) is 15.9 Å². The summed E-state index contributed by atoms with van der Waals surface area (Å²) in [5.41, 5.74) is 1.66. The maximum atomic E-state index is 13.2. The third-order valence-electron chi connectivity index (χ3n) is 5.85. The van der Waals surface area contributed by atoms with E-state index in [-0.39, 0.29) is 11.8 Å². The van der Waals surface area contributed by atoms with Crippen molar-refractivity contribution in [1.29, 1.82) is 0 Å². The number of carbonyl (C=O) groups excluding carboxylic acids is 1. The summed E-state index contributed by atoms with van der Waals surface area (Å²) in [5.74, 6) is 0.489. The van der Waals surface area contributed by atoms with E-state index in [0.717, 1.165) is 5.56 Å². The first-order valence-corrected chi connectivity index (χ1v) is 13.4. The Bertz CT molecular complexity index is 1270. The van der Waals surface area contributed by atoms with Crippen LogP contribution in [0.2, 0.25) is 0 Å². The molecule has 0 heterocycles.